The van der Waals surface area contributed by atoms with Crippen molar-refractivity contribution >= 4 is 5.91 Å². The number of benzene rings is 3. The molecule has 0 spiro atoms. The second kappa shape index (κ2) is 10.7. The van der Waals surface area contributed by atoms with Gasteiger partial charge in [0.15, 0.2) is 23.1 Å². The number of ether oxygens (including phenoxy) is 2. The maximum Gasteiger partial charge on any atom is 0.223 e. The molecule has 1 aromatic heterocycles. The van der Waals surface area contributed by atoms with Crippen molar-refractivity contribution in [1.82, 2.24) is 9.88 Å². The van der Waals surface area contributed by atoms with Gasteiger partial charge in [-0.05, 0) is 30.5 Å². The van der Waals surface area contributed by atoms with Gasteiger partial charge in [-0.1, -0.05) is 66.7 Å². The Bertz CT molecular complexity index is 1260. The quantitative estimate of drug-likeness (QED) is 0.294. The predicted octanol–water partition coefficient (Wildman–Crippen LogP) is 6.32. The number of rotatable bonds is 8. The van der Waals surface area contributed by atoms with Gasteiger partial charge in [-0.3, -0.25) is 4.79 Å². The van der Waals surface area contributed by atoms with Crippen LogP contribution in [0.1, 0.15) is 36.8 Å². The molecule has 1 fully saturated rings. The van der Waals surface area contributed by atoms with Crippen LogP contribution < -0.4 is 9.47 Å². The first-order chi connectivity index (χ1) is 17.7. The van der Waals surface area contributed by atoms with E-state index in [2.05, 4.69) is 0 Å². The van der Waals surface area contributed by atoms with E-state index < -0.39 is 0 Å². The molecule has 2 heterocycles. The zero-order chi connectivity index (χ0) is 24.9. The highest BCUT2D eigenvalue weighted by Gasteiger charge is 2.30. The minimum atomic E-state index is 0.0293. The summed E-state index contributed by atoms with van der Waals surface area (Å²) in [7, 11) is 3.25. The fourth-order valence-electron chi connectivity index (χ4n) is 4.88. The average Bonchev–Trinajstić information content (AvgIpc) is 3.60. The smallest absolute Gasteiger partial charge is 0.223 e. The van der Waals surface area contributed by atoms with Gasteiger partial charge >= 0.3 is 0 Å². The third-order valence-electron chi connectivity index (χ3n) is 6.67. The van der Waals surface area contributed by atoms with Gasteiger partial charge in [0.2, 0.25) is 5.91 Å². The van der Waals surface area contributed by atoms with Crippen molar-refractivity contribution in [1.29, 1.82) is 0 Å². The Hall–Kier alpha value is -4.06. The summed E-state index contributed by atoms with van der Waals surface area (Å²) in [6.45, 7) is 0.744. The van der Waals surface area contributed by atoms with Gasteiger partial charge in [-0.2, -0.15) is 0 Å². The summed E-state index contributed by atoms with van der Waals surface area (Å²) in [4.78, 5) is 20.1. The lowest BCUT2D eigenvalue weighted by Crippen LogP contribution is -2.30. The molecule has 6 nitrogen and oxygen atoms in total. The van der Waals surface area contributed by atoms with E-state index in [0.29, 0.717) is 30.2 Å². The maximum absolute atomic E-state index is 13.3. The van der Waals surface area contributed by atoms with Crippen molar-refractivity contribution in [3.8, 4) is 34.1 Å². The molecule has 1 unspecified atom stereocenters. The molecule has 0 radical (unpaired) electrons. The van der Waals surface area contributed by atoms with Gasteiger partial charge < -0.3 is 18.8 Å². The van der Waals surface area contributed by atoms with E-state index in [1.54, 1.807) is 14.2 Å². The van der Waals surface area contributed by atoms with Gasteiger partial charge in [0.1, 0.15) is 5.69 Å². The number of hydrogen-bond donors (Lipinski definition) is 0. The fraction of sp³-hybridized carbons (Fsp3) is 0.267. The standard InChI is InChI=1S/C30H30N2O4/c1-34-25-16-15-23(20-26(25)35-2)24-14-9-19-32(24)28(33)18-17-27-31-29(21-10-5-3-6-11-21)30(36-27)22-12-7-4-8-13-22/h3-8,10-13,15-16,20,24H,9,14,17-19H2,1-2H3. The maximum atomic E-state index is 13.3. The van der Waals surface area contributed by atoms with Gasteiger partial charge in [0, 0.05) is 30.5 Å². The largest absolute Gasteiger partial charge is 0.493 e. The monoisotopic (exact) mass is 482 g/mol. The lowest BCUT2D eigenvalue weighted by molar-refractivity contribution is -0.132. The van der Waals surface area contributed by atoms with E-state index in [1.165, 1.54) is 0 Å². The van der Waals surface area contributed by atoms with Crippen molar-refractivity contribution in [2.75, 3.05) is 20.8 Å². The summed E-state index contributed by atoms with van der Waals surface area (Å²) in [5.41, 5.74) is 3.82. The van der Waals surface area contributed by atoms with Crippen LogP contribution in [0, 0.1) is 0 Å². The number of nitrogens with zero attached hydrogens (tertiary/aromatic N) is 2. The molecular weight excluding hydrogens is 452 g/mol. The van der Waals surface area contributed by atoms with E-state index >= 15 is 0 Å². The van der Waals surface area contributed by atoms with Crippen LogP contribution in [0.5, 0.6) is 11.5 Å². The summed E-state index contributed by atoms with van der Waals surface area (Å²) in [6.07, 6.45) is 2.68. The summed E-state index contributed by atoms with van der Waals surface area (Å²) < 4.78 is 17.1. The molecule has 36 heavy (non-hydrogen) atoms. The van der Waals surface area contributed by atoms with E-state index in [1.807, 2.05) is 83.8 Å². The molecule has 5 rings (SSSR count). The Morgan fingerprint density at radius 2 is 1.64 bits per heavy atom. The predicted molar refractivity (Wildman–Crippen MR) is 139 cm³/mol. The molecule has 1 atom stereocenters. The third-order valence-corrected chi connectivity index (χ3v) is 6.67. The molecule has 3 aromatic carbocycles. The Morgan fingerprint density at radius 3 is 2.33 bits per heavy atom. The van der Waals surface area contributed by atoms with Gasteiger partial charge in [0.25, 0.3) is 0 Å². The third kappa shape index (κ3) is 4.85. The molecule has 0 N–H and O–H groups in total. The summed E-state index contributed by atoms with van der Waals surface area (Å²) in [6, 6.07) is 25.9. The first kappa shape index (κ1) is 23.7. The van der Waals surface area contributed by atoms with Crippen molar-refractivity contribution in [3.63, 3.8) is 0 Å². The zero-order valence-corrected chi connectivity index (χ0v) is 20.6. The molecule has 6 heteroatoms. The molecule has 0 bridgehead atoms. The van der Waals surface area contributed by atoms with Crippen LogP contribution in [0.25, 0.3) is 22.6 Å². The molecule has 0 aliphatic carbocycles. The second-order valence-electron chi connectivity index (χ2n) is 8.88. The summed E-state index contributed by atoms with van der Waals surface area (Å²) in [5.74, 6) is 2.77. The number of aryl methyl sites for hydroxylation is 1. The number of hydrogen-bond acceptors (Lipinski definition) is 5. The number of likely N-dealkylation sites (tertiary alicyclic amines) is 1. The molecule has 1 aliphatic rings. The van der Waals surface area contributed by atoms with E-state index in [0.717, 1.165) is 47.5 Å². The first-order valence-corrected chi connectivity index (χ1v) is 12.3. The highest BCUT2D eigenvalue weighted by atomic mass is 16.5. The number of amides is 1. The molecule has 1 saturated heterocycles. The van der Waals surface area contributed by atoms with Crippen molar-refractivity contribution in [3.05, 3.63) is 90.3 Å². The van der Waals surface area contributed by atoms with Crippen LogP contribution in [0.2, 0.25) is 0 Å². The van der Waals surface area contributed by atoms with Crippen LogP contribution in [-0.4, -0.2) is 36.6 Å². The first-order valence-electron chi connectivity index (χ1n) is 12.3. The van der Waals surface area contributed by atoms with E-state index in [4.69, 9.17) is 18.9 Å². The van der Waals surface area contributed by atoms with Crippen LogP contribution in [0.3, 0.4) is 0 Å². The topological polar surface area (TPSA) is 64.8 Å². The average molecular weight is 483 g/mol. The Balaban J connectivity index is 1.34. The van der Waals surface area contributed by atoms with Crippen LogP contribution in [-0.2, 0) is 11.2 Å². The van der Waals surface area contributed by atoms with Crippen molar-refractivity contribution < 1.29 is 18.7 Å². The highest BCUT2D eigenvalue weighted by Crippen LogP contribution is 2.38. The number of carbonyl (C=O) groups excluding carboxylic acids is 1. The van der Waals surface area contributed by atoms with Crippen LogP contribution in [0.4, 0.5) is 0 Å². The lowest BCUT2D eigenvalue weighted by atomic mass is 10.0. The molecular formula is C30H30N2O4. The van der Waals surface area contributed by atoms with E-state index in [-0.39, 0.29) is 11.9 Å². The Kier molecular flexibility index (Phi) is 7.03. The normalized spacial score (nSPS) is 15.2. The van der Waals surface area contributed by atoms with Crippen molar-refractivity contribution in [2.45, 2.75) is 31.7 Å². The molecule has 1 aliphatic heterocycles. The Labute approximate surface area is 211 Å². The molecule has 0 saturated carbocycles. The number of carbonyl (C=O) groups is 1. The Morgan fingerprint density at radius 1 is 0.944 bits per heavy atom. The zero-order valence-electron chi connectivity index (χ0n) is 20.6. The van der Waals surface area contributed by atoms with Gasteiger partial charge in [0.05, 0.1) is 20.3 Å². The lowest BCUT2D eigenvalue weighted by Gasteiger charge is -2.25. The minimum absolute atomic E-state index is 0.0293. The van der Waals surface area contributed by atoms with Gasteiger partial charge in [-0.15, -0.1) is 0 Å². The number of aromatic nitrogens is 1. The second-order valence-corrected chi connectivity index (χ2v) is 8.88. The van der Waals surface area contributed by atoms with E-state index in [9.17, 15) is 4.79 Å². The SMILES string of the molecule is COc1ccc(C2CCCN2C(=O)CCc2nc(-c3ccccc3)c(-c3ccccc3)o2)cc1OC. The summed E-state index contributed by atoms with van der Waals surface area (Å²) >= 11 is 0. The highest BCUT2D eigenvalue weighted by molar-refractivity contribution is 5.78. The van der Waals surface area contributed by atoms with Crippen molar-refractivity contribution in [2.24, 2.45) is 0 Å². The molecule has 184 valence electrons. The molecule has 1 amide bonds. The number of oxazole rings is 1. The van der Waals surface area contributed by atoms with Gasteiger partial charge in [-0.25, -0.2) is 4.98 Å². The fourth-order valence-corrected chi connectivity index (χ4v) is 4.88. The van der Waals surface area contributed by atoms with Crippen LogP contribution >= 0.6 is 0 Å². The van der Waals surface area contributed by atoms with Crippen LogP contribution in [0.15, 0.2) is 83.3 Å². The number of methoxy groups -OCH3 is 2. The minimum Gasteiger partial charge on any atom is -0.493 e. The molecule has 4 aromatic rings. The summed E-state index contributed by atoms with van der Waals surface area (Å²) in [5, 5.41) is 0.